The first kappa shape index (κ1) is 8.80. The molecule has 0 saturated carbocycles. The lowest BCUT2D eigenvalue weighted by Gasteiger charge is -1.98. The van der Waals surface area contributed by atoms with Crippen molar-refractivity contribution in [2.45, 2.75) is 20.3 Å². The fourth-order valence-electron chi connectivity index (χ4n) is 1.35. The average Bonchev–Trinajstić information content (AvgIpc) is 2.49. The standard InChI is InChI=1S/C9H10N4O/c1-6(14)5-8-9-12-11-7(2)13(9)4-3-10-8/h3-4H,5H2,1-2H3. The maximum absolute atomic E-state index is 11.0. The van der Waals surface area contributed by atoms with Crippen LogP contribution in [0.1, 0.15) is 18.4 Å². The molecule has 0 unspecified atom stereocenters. The van der Waals surface area contributed by atoms with Crippen molar-refractivity contribution >= 4 is 11.4 Å². The van der Waals surface area contributed by atoms with Gasteiger partial charge >= 0.3 is 0 Å². The maximum atomic E-state index is 11.0. The molecule has 0 atom stereocenters. The van der Waals surface area contributed by atoms with Gasteiger partial charge in [-0.3, -0.25) is 14.2 Å². The fraction of sp³-hybridized carbons (Fsp3) is 0.333. The Balaban J connectivity index is 2.59. The smallest absolute Gasteiger partial charge is 0.183 e. The molecule has 0 aliphatic carbocycles. The molecular weight excluding hydrogens is 180 g/mol. The molecule has 0 fully saturated rings. The van der Waals surface area contributed by atoms with Gasteiger partial charge in [0.15, 0.2) is 5.65 Å². The molecule has 14 heavy (non-hydrogen) atoms. The van der Waals surface area contributed by atoms with Crippen LogP contribution in [0.15, 0.2) is 12.4 Å². The Morgan fingerprint density at radius 1 is 1.50 bits per heavy atom. The Hall–Kier alpha value is -1.78. The highest BCUT2D eigenvalue weighted by molar-refractivity contribution is 5.79. The third kappa shape index (κ3) is 1.37. The topological polar surface area (TPSA) is 60.2 Å². The van der Waals surface area contributed by atoms with Crippen molar-refractivity contribution in [3.8, 4) is 0 Å². The van der Waals surface area contributed by atoms with Crippen LogP contribution in [-0.2, 0) is 11.2 Å². The van der Waals surface area contributed by atoms with Gasteiger partial charge in [0, 0.05) is 12.4 Å². The van der Waals surface area contributed by atoms with Crippen molar-refractivity contribution < 1.29 is 4.79 Å². The van der Waals surface area contributed by atoms with Crippen LogP contribution < -0.4 is 0 Å². The van der Waals surface area contributed by atoms with Gasteiger partial charge in [-0.2, -0.15) is 0 Å². The predicted octanol–water partition coefficient (Wildman–Crippen LogP) is 0.564. The average molecular weight is 190 g/mol. The SMILES string of the molecule is CC(=O)Cc1nccn2c(C)nnc12. The van der Waals surface area contributed by atoms with E-state index >= 15 is 0 Å². The lowest BCUT2D eigenvalue weighted by atomic mass is 10.2. The summed E-state index contributed by atoms with van der Waals surface area (Å²) < 4.78 is 1.82. The number of Topliss-reactive ketones (excluding diaryl/α,β-unsaturated/α-hetero) is 1. The summed E-state index contributed by atoms with van der Waals surface area (Å²) in [6, 6.07) is 0. The molecule has 72 valence electrons. The number of rotatable bonds is 2. The Bertz CT molecular complexity index is 489. The molecule has 2 aromatic rings. The maximum Gasteiger partial charge on any atom is 0.183 e. The van der Waals surface area contributed by atoms with Crippen molar-refractivity contribution in [1.29, 1.82) is 0 Å². The van der Waals surface area contributed by atoms with E-state index in [9.17, 15) is 4.79 Å². The van der Waals surface area contributed by atoms with Crippen LogP contribution in [0.4, 0.5) is 0 Å². The largest absolute Gasteiger partial charge is 0.300 e. The van der Waals surface area contributed by atoms with Crippen LogP contribution in [0.2, 0.25) is 0 Å². The highest BCUT2D eigenvalue weighted by atomic mass is 16.1. The molecule has 0 aliphatic rings. The summed E-state index contributed by atoms with van der Waals surface area (Å²) in [6.45, 7) is 3.39. The zero-order chi connectivity index (χ0) is 10.1. The van der Waals surface area contributed by atoms with Gasteiger partial charge in [0.05, 0.1) is 12.1 Å². The Labute approximate surface area is 80.8 Å². The van der Waals surface area contributed by atoms with Gasteiger partial charge < -0.3 is 0 Å². The molecule has 0 saturated heterocycles. The van der Waals surface area contributed by atoms with Gasteiger partial charge in [-0.25, -0.2) is 0 Å². The molecule has 0 amide bonds. The fourth-order valence-corrected chi connectivity index (χ4v) is 1.35. The highest BCUT2D eigenvalue weighted by Gasteiger charge is 2.08. The number of carbonyl (C=O) groups is 1. The first-order valence-corrected chi connectivity index (χ1v) is 4.33. The summed E-state index contributed by atoms with van der Waals surface area (Å²) in [6.07, 6.45) is 3.75. The number of carbonyl (C=O) groups excluding carboxylic acids is 1. The van der Waals surface area contributed by atoms with E-state index in [0.717, 1.165) is 5.82 Å². The van der Waals surface area contributed by atoms with Crippen LogP contribution >= 0.6 is 0 Å². The lowest BCUT2D eigenvalue weighted by molar-refractivity contribution is -0.116. The first-order valence-electron chi connectivity index (χ1n) is 4.33. The number of fused-ring (bicyclic) bond motifs is 1. The zero-order valence-corrected chi connectivity index (χ0v) is 8.06. The van der Waals surface area contributed by atoms with Crippen LogP contribution in [0.25, 0.3) is 5.65 Å². The number of ketones is 1. The molecule has 2 heterocycles. The van der Waals surface area contributed by atoms with E-state index in [1.165, 1.54) is 6.92 Å². The Kier molecular flexibility index (Phi) is 1.99. The number of aryl methyl sites for hydroxylation is 1. The highest BCUT2D eigenvalue weighted by Crippen LogP contribution is 2.07. The second-order valence-corrected chi connectivity index (χ2v) is 3.19. The summed E-state index contributed by atoms with van der Waals surface area (Å²) in [5.41, 5.74) is 1.35. The normalized spacial score (nSPS) is 10.7. The number of aromatic nitrogens is 4. The molecule has 0 radical (unpaired) electrons. The molecule has 0 N–H and O–H groups in total. The van der Waals surface area contributed by atoms with Crippen LogP contribution in [0, 0.1) is 6.92 Å². The minimum Gasteiger partial charge on any atom is -0.300 e. The van der Waals surface area contributed by atoms with Crippen molar-refractivity contribution in [3.63, 3.8) is 0 Å². The van der Waals surface area contributed by atoms with Crippen LogP contribution in [0.3, 0.4) is 0 Å². The molecule has 5 nitrogen and oxygen atoms in total. The summed E-state index contributed by atoms with van der Waals surface area (Å²) >= 11 is 0. The Morgan fingerprint density at radius 3 is 3.00 bits per heavy atom. The molecule has 5 heteroatoms. The molecular formula is C9H10N4O. The van der Waals surface area contributed by atoms with E-state index < -0.39 is 0 Å². The second-order valence-electron chi connectivity index (χ2n) is 3.19. The van der Waals surface area contributed by atoms with E-state index in [1.807, 2.05) is 11.3 Å². The number of hydrogen-bond acceptors (Lipinski definition) is 4. The quantitative estimate of drug-likeness (QED) is 0.694. The zero-order valence-electron chi connectivity index (χ0n) is 8.06. The van der Waals surface area contributed by atoms with Crippen LogP contribution in [-0.4, -0.2) is 25.4 Å². The van der Waals surface area contributed by atoms with Crippen molar-refractivity contribution in [3.05, 3.63) is 23.9 Å². The number of nitrogens with zero attached hydrogens (tertiary/aromatic N) is 4. The van der Waals surface area contributed by atoms with Crippen molar-refractivity contribution in [1.82, 2.24) is 19.6 Å². The van der Waals surface area contributed by atoms with E-state index in [1.54, 1.807) is 12.4 Å². The summed E-state index contributed by atoms with van der Waals surface area (Å²) in [5, 5.41) is 7.89. The van der Waals surface area contributed by atoms with Crippen molar-refractivity contribution in [2.75, 3.05) is 0 Å². The summed E-state index contributed by atoms with van der Waals surface area (Å²) in [4.78, 5) is 15.1. The van der Waals surface area contributed by atoms with E-state index in [4.69, 9.17) is 0 Å². The monoisotopic (exact) mass is 190 g/mol. The molecule has 0 aliphatic heterocycles. The van der Waals surface area contributed by atoms with Gasteiger partial charge in [-0.05, 0) is 13.8 Å². The van der Waals surface area contributed by atoms with Crippen LogP contribution in [0.5, 0.6) is 0 Å². The van der Waals surface area contributed by atoms with E-state index in [2.05, 4.69) is 15.2 Å². The summed E-state index contributed by atoms with van der Waals surface area (Å²) in [5.74, 6) is 0.874. The van der Waals surface area contributed by atoms with E-state index in [0.29, 0.717) is 17.8 Å². The van der Waals surface area contributed by atoms with Crippen molar-refractivity contribution in [2.24, 2.45) is 0 Å². The van der Waals surface area contributed by atoms with Gasteiger partial charge in [-0.15, -0.1) is 10.2 Å². The minimum absolute atomic E-state index is 0.0752. The van der Waals surface area contributed by atoms with Gasteiger partial charge in [0.2, 0.25) is 0 Å². The molecule has 0 spiro atoms. The second kappa shape index (κ2) is 3.17. The first-order chi connectivity index (χ1) is 6.68. The predicted molar refractivity (Wildman–Crippen MR) is 49.9 cm³/mol. The van der Waals surface area contributed by atoms with Gasteiger partial charge in [0.1, 0.15) is 11.6 Å². The third-order valence-electron chi connectivity index (χ3n) is 1.99. The summed E-state index contributed by atoms with van der Waals surface area (Å²) in [7, 11) is 0. The Morgan fingerprint density at radius 2 is 2.29 bits per heavy atom. The van der Waals surface area contributed by atoms with E-state index in [-0.39, 0.29) is 5.78 Å². The molecule has 0 aromatic carbocycles. The molecule has 2 aromatic heterocycles. The molecule has 0 bridgehead atoms. The van der Waals surface area contributed by atoms with Gasteiger partial charge in [0.25, 0.3) is 0 Å². The molecule has 2 rings (SSSR count). The number of hydrogen-bond donors (Lipinski definition) is 0. The van der Waals surface area contributed by atoms with Gasteiger partial charge in [-0.1, -0.05) is 0 Å². The third-order valence-corrected chi connectivity index (χ3v) is 1.99. The minimum atomic E-state index is 0.0752. The lowest BCUT2D eigenvalue weighted by Crippen LogP contribution is -2.02.